The molecule has 0 spiro atoms. The first-order chi connectivity index (χ1) is 3.86. The lowest BCUT2D eigenvalue weighted by Crippen LogP contribution is -2.32. The third-order valence-electron chi connectivity index (χ3n) is 1.80. The summed E-state index contributed by atoms with van der Waals surface area (Å²) in [6.07, 6.45) is 3.97. The summed E-state index contributed by atoms with van der Waals surface area (Å²) in [4.78, 5) is 4.18. The molecule has 1 atom stereocenters. The van der Waals surface area contributed by atoms with Gasteiger partial charge in [0, 0.05) is 12.1 Å². The van der Waals surface area contributed by atoms with Crippen molar-refractivity contribution < 1.29 is 0 Å². The number of nitrogens with two attached hydrogens (primary N) is 1. The molecule has 2 N–H and O–H groups in total. The van der Waals surface area contributed by atoms with Crippen molar-refractivity contribution in [2.24, 2.45) is 16.6 Å². The maximum Gasteiger partial charge on any atom is 0.102 e. The zero-order chi connectivity index (χ0) is 5.56. The minimum absolute atomic E-state index is 0.158. The van der Waals surface area contributed by atoms with Crippen molar-refractivity contribution in [1.82, 2.24) is 0 Å². The largest absolute Gasteiger partial charge is 0.309 e. The fourth-order valence-electron chi connectivity index (χ4n) is 1.10. The van der Waals surface area contributed by atoms with Crippen LogP contribution in [-0.2, 0) is 0 Å². The molecule has 1 aliphatic carbocycles. The first-order valence-electron chi connectivity index (χ1n) is 3.18. The summed E-state index contributed by atoms with van der Waals surface area (Å²) in [6, 6.07) is 0. The molecule has 0 radical (unpaired) electrons. The van der Waals surface area contributed by atoms with E-state index in [4.69, 9.17) is 5.73 Å². The van der Waals surface area contributed by atoms with Gasteiger partial charge >= 0.3 is 0 Å². The third kappa shape index (κ3) is 0.564. The minimum Gasteiger partial charge on any atom is -0.309 e. The van der Waals surface area contributed by atoms with Crippen molar-refractivity contribution in [2.45, 2.75) is 25.4 Å². The van der Waals surface area contributed by atoms with Gasteiger partial charge in [-0.15, -0.1) is 0 Å². The molecular weight excluding hydrogens is 100 g/mol. The number of nitrogens with zero attached hydrogens (tertiary/aromatic N) is 1. The van der Waals surface area contributed by atoms with Crippen LogP contribution in [0.1, 0.15) is 19.3 Å². The number of aliphatic imine (C=N–C) groups is 1. The van der Waals surface area contributed by atoms with E-state index in [1.807, 2.05) is 0 Å². The summed E-state index contributed by atoms with van der Waals surface area (Å²) in [5, 5.41) is 0. The second-order valence-corrected chi connectivity index (χ2v) is 2.67. The number of hydrogen-bond donors (Lipinski definition) is 1. The average molecular weight is 110 g/mol. The lowest BCUT2D eigenvalue weighted by Gasteiger charge is -2.19. The van der Waals surface area contributed by atoms with Crippen LogP contribution in [0.2, 0.25) is 0 Å². The van der Waals surface area contributed by atoms with Crippen LogP contribution in [0.15, 0.2) is 4.99 Å². The van der Waals surface area contributed by atoms with Gasteiger partial charge in [0.1, 0.15) is 6.17 Å². The van der Waals surface area contributed by atoms with Crippen molar-refractivity contribution in [3.05, 3.63) is 0 Å². The molecule has 44 valence electrons. The highest BCUT2D eigenvalue weighted by Gasteiger charge is 2.32. The molecule has 2 aliphatic rings. The van der Waals surface area contributed by atoms with Crippen molar-refractivity contribution in [2.75, 3.05) is 0 Å². The fraction of sp³-hybridized carbons (Fsp3) is 0.833. The van der Waals surface area contributed by atoms with Crippen LogP contribution in [-0.4, -0.2) is 11.9 Å². The Morgan fingerprint density at radius 2 is 2.12 bits per heavy atom. The first-order valence-corrected chi connectivity index (χ1v) is 3.18. The van der Waals surface area contributed by atoms with Gasteiger partial charge < -0.3 is 5.73 Å². The molecule has 0 bridgehead atoms. The molecule has 1 heterocycles. The Morgan fingerprint density at radius 3 is 2.50 bits per heavy atom. The molecule has 0 aromatic carbocycles. The van der Waals surface area contributed by atoms with Gasteiger partial charge in [0.15, 0.2) is 0 Å². The highest BCUT2D eigenvalue weighted by molar-refractivity contribution is 5.92. The molecule has 0 saturated heterocycles. The molecule has 2 heteroatoms. The molecule has 1 aliphatic heterocycles. The average Bonchev–Trinajstić information content (AvgIpc) is 2.37. The predicted molar refractivity (Wildman–Crippen MR) is 32.8 cm³/mol. The standard InChI is InChI=1S/C6H10N2/c7-6-3-5(8-6)4-1-2-4/h4,6H,1-3,7H2. The van der Waals surface area contributed by atoms with E-state index < -0.39 is 0 Å². The molecule has 2 nitrogen and oxygen atoms in total. The lowest BCUT2D eigenvalue weighted by atomic mass is 10.1. The summed E-state index contributed by atoms with van der Waals surface area (Å²) < 4.78 is 0. The molecule has 1 saturated carbocycles. The normalized spacial score (nSPS) is 36.1. The Hall–Kier alpha value is -0.370. The van der Waals surface area contributed by atoms with Crippen molar-refractivity contribution in [3.8, 4) is 0 Å². The van der Waals surface area contributed by atoms with Crippen LogP contribution >= 0.6 is 0 Å². The zero-order valence-electron chi connectivity index (χ0n) is 4.80. The van der Waals surface area contributed by atoms with Gasteiger partial charge in [0.2, 0.25) is 0 Å². The van der Waals surface area contributed by atoms with Crippen LogP contribution < -0.4 is 5.73 Å². The molecule has 0 amide bonds. The van der Waals surface area contributed by atoms with E-state index in [1.165, 1.54) is 18.6 Å². The summed E-state index contributed by atoms with van der Waals surface area (Å²) in [6.45, 7) is 0. The lowest BCUT2D eigenvalue weighted by molar-refractivity contribution is 0.660. The van der Waals surface area contributed by atoms with Gasteiger partial charge in [-0.1, -0.05) is 0 Å². The van der Waals surface area contributed by atoms with Crippen molar-refractivity contribution in [3.63, 3.8) is 0 Å². The zero-order valence-corrected chi connectivity index (χ0v) is 4.80. The van der Waals surface area contributed by atoms with Crippen LogP contribution in [0.4, 0.5) is 0 Å². The van der Waals surface area contributed by atoms with E-state index in [1.54, 1.807) is 0 Å². The maximum absolute atomic E-state index is 5.45. The Balaban J connectivity index is 2.00. The predicted octanol–water partition coefficient (Wildman–Crippen LogP) is 0.526. The van der Waals surface area contributed by atoms with E-state index in [0.717, 1.165) is 12.3 Å². The van der Waals surface area contributed by atoms with Crippen LogP contribution in [0.25, 0.3) is 0 Å². The molecule has 1 fully saturated rings. The van der Waals surface area contributed by atoms with Gasteiger partial charge in [0.25, 0.3) is 0 Å². The second-order valence-electron chi connectivity index (χ2n) is 2.67. The molecule has 8 heavy (non-hydrogen) atoms. The Morgan fingerprint density at radius 1 is 1.50 bits per heavy atom. The topological polar surface area (TPSA) is 38.4 Å². The van der Waals surface area contributed by atoms with Gasteiger partial charge in [-0.05, 0) is 18.8 Å². The second kappa shape index (κ2) is 1.32. The highest BCUT2D eigenvalue weighted by atomic mass is 15.0. The van der Waals surface area contributed by atoms with E-state index in [2.05, 4.69) is 4.99 Å². The summed E-state index contributed by atoms with van der Waals surface area (Å²) in [5.74, 6) is 0.856. The highest BCUT2D eigenvalue weighted by Crippen LogP contribution is 2.35. The quantitative estimate of drug-likeness (QED) is 0.525. The summed E-state index contributed by atoms with van der Waals surface area (Å²) in [5.41, 5.74) is 6.83. The van der Waals surface area contributed by atoms with Gasteiger partial charge in [-0.3, -0.25) is 4.99 Å². The monoisotopic (exact) mass is 110 g/mol. The smallest absolute Gasteiger partial charge is 0.102 e. The maximum atomic E-state index is 5.45. The van der Waals surface area contributed by atoms with E-state index >= 15 is 0 Å². The number of hydrogen-bond acceptors (Lipinski definition) is 2. The summed E-state index contributed by atoms with van der Waals surface area (Å²) >= 11 is 0. The SMILES string of the molecule is NC1CC(C2CC2)=N1. The molecule has 1 unspecified atom stereocenters. The van der Waals surface area contributed by atoms with Crippen LogP contribution in [0, 0.1) is 5.92 Å². The van der Waals surface area contributed by atoms with Crippen molar-refractivity contribution >= 4 is 5.71 Å². The van der Waals surface area contributed by atoms with Crippen molar-refractivity contribution in [1.29, 1.82) is 0 Å². The fourth-order valence-corrected chi connectivity index (χ4v) is 1.10. The van der Waals surface area contributed by atoms with E-state index in [-0.39, 0.29) is 6.17 Å². The molecule has 2 rings (SSSR count). The van der Waals surface area contributed by atoms with Gasteiger partial charge in [-0.25, -0.2) is 0 Å². The van der Waals surface area contributed by atoms with Crippen LogP contribution in [0.3, 0.4) is 0 Å². The number of rotatable bonds is 1. The Bertz CT molecular complexity index is 135. The Kier molecular flexibility index (Phi) is 0.742. The van der Waals surface area contributed by atoms with E-state index in [0.29, 0.717) is 0 Å². The molecule has 0 aromatic rings. The third-order valence-corrected chi connectivity index (χ3v) is 1.80. The van der Waals surface area contributed by atoms with E-state index in [9.17, 15) is 0 Å². The Labute approximate surface area is 48.8 Å². The molecular formula is C6H10N2. The minimum atomic E-state index is 0.158. The summed E-state index contributed by atoms with van der Waals surface area (Å²) in [7, 11) is 0. The first kappa shape index (κ1) is 4.50. The van der Waals surface area contributed by atoms with Gasteiger partial charge in [0.05, 0.1) is 0 Å². The van der Waals surface area contributed by atoms with Gasteiger partial charge in [-0.2, -0.15) is 0 Å². The molecule has 0 aromatic heterocycles. The van der Waals surface area contributed by atoms with Crippen LogP contribution in [0.5, 0.6) is 0 Å².